The van der Waals surface area contributed by atoms with Gasteiger partial charge in [-0.1, -0.05) is 72.8 Å². The molecule has 4 heterocycles. The number of ether oxygens (including phenoxy) is 4. The molecule has 0 bridgehead atoms. The molecule has 0 saturated heterocycles. The molecule has 4 aliphatic rings. The lowest BCUT2D eigenvalue weighted by molar-refractivity contribution is 0.364. The predicted octanol–water partition coefficient (Wildman–Crippen LogP) is 5.81. The van der Waals surface area contributed by atoms with E-state index in [1.54, 1.807) is 0 Å². The molecule has 0 unspecified atom stereocenters. The lowest BCUT2D eigenvalue weighted by Crippen LogP contribution is -2.57. The van der Waals surface area contributed by atoms with E-state index >= 15 is 0 Å². The summed E-state index contributed by atoms with van der Waals surface area (Å²) in [7, 11) is 0. The Kier molecular flexibility index (Phi) is 3.38. The first kappa shape index (κ1) is 18.7. The lowest BCUT2D eigenvalue weighted by Gasteiger charge is -2.40. The van der Waals surface area contributed by atoms with Gasteiger partial charge in [0.15, 0.2) is 23.0 Å². The molecule has 36 heavy (non-hydrogen) atoms. The van der Waals surface area contributed by atoms with Gasteiger partial charge < -0.3 is 18.9 Å². The van der Waals surface area contributed by atoms with E-state index in [0.29, 0.717) is 23.0 Å². The van der Waals surface area contributed by atoms with Crippen LogP contribution in [0.15, 0.2) is 97.1 Å². The lowest BCUT2D eigenvalue weighted by atomic mass is 9.34. The van der Waals surface area contributed by atoms with Gasteiger partial charge in [0.2, 0.25) is 0 Å². The van der Waals surface area contributed by atoms with Crippen molar-refractivity contribution in [1.82, 2.24) is 0 Å². The van der Waals surface area contributed by atoms with Gasteiger partial charge in [-0.15, -0.1) is 0 Å². The maximum absolute atomic E-state index is 6.65. The normalized spacial score (nSPS) is 14.8. The summed E-state index contributed by atoms with van der Waals surface area (Å²) < 4.78 is 26.6. The Bertz CT molecular complexity index is 1520. The van der Waals surface area contributed by atoms with Crippen molar-refractivity contribution in [2.45, 2.75) is 5.92 Å². The van der Waals surface area contributed by atoms with E-state index in [-0.39, 0.29) is 12.6 Å². The number of hydrogen-bond donors (Lipinski definition) is 0. The van der Waals surface area contributed by atoms with Crippen LogP contribution in [0.1, 0.15) is 22.6 Å². The maximum atomic E-state index is 6.65. The Balaban J connectivity index is 1.43. The van der Waals surface area contributed by atoms with Gasteiger partial charge in [-0.2, -0.15) is 0 Å². The molecule has 5 aromatic rings. The zero-order valence-corrected chi connectivity index (χ0v) is 19.0. The van der Waals surface area contributed by atoms with E-state index in [4.69, 9.17) is 18.9 Å². The van der Waals surface area contributed by atoms with Gasteiger partial charge in [0.25, 0.3) is 6.71 Å². The summed E-state index contributed by atoms with van der Waals surface area (Å²) in [6.07, 6.45) is 0. The molecule has 0 aromatic heterocycles. The number of hydrogen-bond acceptors (Lipinski definition) is 4. The maximum Gasteiger partial charge on any atom is 0.261 e. The standard InChI is InChI=1S/C31H17BO4/c1-5-13-21-17(9-1)25-18-10-2-6-14-22(18)34-29-26(25)28(33-21)30-27-31(29)36-24-16-8-4-12-20(24)32(27)19-11-3-7-15-23(19)35-30/h1-16,25H. The van der Waals surface area contributed by atoms with Gasteiger partial charge in [-0.25, -0.2) is 0 Å². The Morgan fingerprint density at radius 3 is 1.39 bits per heavy atom. The van der Waals surface area contributed by atoms with Crippen molar-refractivity contribution in [2.75, 3.05) is 0 Å². The average molecular weight is 464 g/mol. The second-order valence-corrected chi connectivity index (χ2v) is 9.57. The van der Waals surface area contributed by atoms with Crippen molar-refractivity contribution >= 4 is 23.1 Å². The Labute approximate surface area is 207 Å². The van der Waals surface area contributed by atoms with Crippen molar-refractivity contribution in [2.24, 2.45) is 0 Å². The summed E-state index contributed by atoms with van der Waals surface area (Å²) in [5.41, 5.74) is 6.35. The molecule has 168 valence electrons. The summed E-state index contributed by atoms with van der Waals surface area (Å²) in [6.45, 7) is -0.0496. The first-order valence-corrected chi connectivity index (χ1v) is 12.2. The van der Waals surface area contributed by atoms with Crippen LogP contribution in [-0.2, 0) is 0 Å². The van der Waals surface area contributed by atoms with Gasteiger partial charge in [0, 0.05) is 22.5 Å². The highest BCUT2D eigenvalue weighted by molar-refractivity contribution is 6.98. The predicted molar refractivity (Wildman–Crippen MR) is 138 cm³/mol. The molecule has 5 aromatic carbocycles. The first-order valence-electron chi connectivity index (χ1n) is 12.2. The van der Waals surface area contributed by atoms with Gasteiger partial charge in [-0.05, 0) is 35.2 Å². The van der Waals surface area contributed by atoms with Crippen molar-refractivity contribution in [3.05, 3.63) is 114 Å². The van der Waals surface area contributed by atoms with Gasteiger partial charge in [0.05, 0.1) is 5.56 Å². The van der Waals surface area contributed by atoms with Crippen LogP contribution >= 0.6 is 0 Å². The topological polar surface area (TPSA) is 36.9 Å². The van der Waals surface area contributed by atoms with Crippen LogP contribution in [0, 0.1) is 0 Å². The molecule has 0 fully saturated rings. The summed E-state index contributed by atoms with van der Waals surface area (Å²) in [5, 5.41) is 0. The van der Waals surface area contributed by atoms with E-state index < -0.39 is 0 Å². The van der Waals surface area contributed by atoms with Crippen molar-refractivity contribution < 1.29 is 18.9 Å². The second-order valence-electron chi connectivity index (χ2n) is 9.57. The fourth-order valence-electron chi connectivity index (χ4n) is 6.27. The summed E-state index contributed by atoms with van der Waals surface area (Å²) >= 11 is 0. The largest absolute Gasteiger partial charge is 0.454 e. The van der Waals surface area contributed by atoms with E-state index in [1.807, 2.05) is 48.5 Å². The zero-order valence-electron chi connectivity index (χ0n) is 19.0. The van der Waals surface area contributed by atoms with Crippen LogP contribution in [0.5, 0.6) is 46.0 Å². The van der Waals surface area contributed by atoms with Crippen LogP contribution in [0.3, 0.4) is 0 Å². The molecule has 0 N–H and O–H groups in total. The Morgan fingerprint density at radius 1 is 0.444 bits per heavy atom. The molecule has 4 aliphatic heterocycles. The Morgan fingerprint density at radius 2 is 0.861 bits per heavy atom. The fourth-order valence-corrected chi connectivity index (χ4v) is 6.27. The smallest absolute Gasteiger partial charge is 0.261 e. The SMILES string of the molecule is c1ccc2c(c1)Oc1c3c4c(c5c1B2c1ccccc1O5)Oc1ccccc1C4c1ccccc1O3. The minimum absolute atomic E-state index is 0.0496. The molecule has 9 rings (SSSR count). The van der Waals surface area contributed by atoms with E-state index in [0.717, 1.165) is 56.1 Å². The fraction of sp³-hybridized carbons (Fsp3) is 0.0323. The van der Waals surface area contributed by atoms with Crippen molar-refractivity contribution in [3.8, 4) is 46.0 Å². The van der Waals surface area contributed by atoms with Crippen LogP contribution in [-0.4, -0.2) is 6.71 Å². The highest BCUT2D eigenvalue weighted by Gasteiger charge is 2.49. The molecule has 0 aliphatic carbocycles. The average Bonchev–Trinajstić information content (AvgIpc) is 2.94. The van der Waals surface area contributed by atoms with Gasteiger partial charge >= 0.3 is 0 Å². The molecular weight excluding hydrogens is 447 g/mol. The molecule has 4 nitrogen and oxygen atoms in total. The molecular formula is C31H17BO4. The molecule has 0 atom stereocenters. The van der Waals surface area contributed by atoms with Crippen LogP contribution in [0.4, 0.5) is 0 Å². The van der Waals surface area contributed by atoms with Gasteiger partial charge in [0.1, 0.15) is 23.0 Å². The monoisotopic (exact) mass is 464 g/mol. The minimum atomic E-state index is -0.0496. The molecule has 5 heteroatoms. The summed E-state index contributed by atoms with van der Waals surface area (Å²) in [4.78, 5) is 0. The Hall–Kier alpha value is -4.64. The molecule has 0 spiro atoms. The van der Waals surface area contributed by atoms with E-state index in [9.17, 15) is 0 Å². The quantitative estimate of drug-likeness (QED) is 0.266. The minimum Gasteiger partial charge on any atom is -0.454 e. The number of para-hydroxylation sites is 4. The number of rotatable bonds is 0. The zero-order chi connectivity index (χ0) is 23.4. The summed E-state index contributed by atoms with van der Waals surface area (Å²) in [6, 6.07) is 32.9. The van der Waals surface area contributed by atoms with Crippen LogP contribution < -0.4 is 35.3 Å². The number of fused-ring (bicyclic) bond motifs is 10. The molecule has 0 saturated carbocycles. The van der Waals surface area contributed by atoms with Crippen molar-refractivity contribution in [1.29, 1.82) is 0 Å². The van der Waals surface area contributed by atoms with E-state index in [2.05, 4.69) is 48.5 Å². The number of benzene rings is 5. The first-order chi connectivity index (χ1) is 17.9. The highest BCUT2D eigenvalue weighted by atomic mass is 16.5. The van der Waals surface area contributed by atoms with Crippen LogP contribution in [0.25, 0.3) is 0 Å². The van der Waals surface area contributed by atoms with Crippen LogP contribution in [0.2, 0.25) is 0 Å². The third kappa shape index (κ3) is 2.21. The second kappa shape index (κ2) is 6.52. The highest BCUT2D eigenvalue weighted by Crippen LogP contribution is 2.62. The van der Waals surface area contributed by atoms with Crippen molar-refractivity contribution in [3.63, 3.8) is 0 Å². The molecule has 0 radical (unpaired) electrons. The summed E-state index contributed by atoms with van der Waals surface area (Å²) in [5.74, 6) is 6.15. The third-order valence-electron chi connectivity index (χ3n) is 7.74. The third-order valence-corrected chi connectivity index (χ3v) is 7.74. The van der Waals surface area contributed by atoms with E-state index in [1.165, 1.54) is 0 Å². The molecule has 0 amide bonds. The van der Waals surface area contributed by atoms with Gasteiger partial charge in [-0.3, -0.25) is 0 Å².